The van der Waals surface area contributed by atoms with Gasteiger partial charge in [-0.15, -0.1) is 0 Å². The van der Waals surface area contributed by atoms with E-state index >= 15 is 0 Å². The van der Waals surface area contributed by atoms with E-state index in [1.807, 2.05) is 25.1 Å². The van der Waals surface area contributed by atoms with Crippen molar-refractivity contribution in [3.63, 3.8) is 0 Å². The van der Waals surface area contributed by atoms with Crippen molar-refractivity contribution in [1.29, 1.82) is 0 Å². The van der Waals surface area contributed by atoms with E-state index in [0.29, 0.717) is 6.54 Å². The largest absolute Gasteiger partial charge is 0.481 e. The number of ether oxygens (including phenoxy) is 1. The molecule has 3 heteroatoms. The third-order valence-electron chi connectivity index (χ3n) is 3.33. The number of furan rings is 1. The van der Waals surface area contributed by atoms with Crippen molar-refractivity contribution in [2.24, 2.45) is 5.73 Å². The van der Waals surface area contributed by atoms with E-state index in [2.05, 4.69) is 26.8 Å². The minimum absolute atomic E-state index is 0.242. The molecule has 0 aliphatic rings. The fourth-order valence-corrected chi connectivity index (χ4v) is 2.13. The highest BCUT2D eigenvalue weighted by atomic mass is 16.5. The van der Waals surface area contributed by atoms with Gasteiger partial charge in [0, 0.05) is 6.54 Å². The van der Waals surface area contributed by atoms with Crippen LogP contribution in [-0.2, 0) is 0 Å². The average Bonchev–Trinajstić information content (AvgIpc) is 2.78. The Bertz CT molecular complexity index is 572. The third-order valence-corrected chi connectivity index (χ3v) is 3.33. The van der Waals surface area contributed by atoms with Gasteiger partial charge in [0.25, 0.3) is 0 Å². The molecule has 1 aromatic heterocycles. The van der Waals surface area contributed by atoms with Gasteiger partial charge in [-0.2, -0.15) is 0 Å². The summed E-state index contributed by atoms with van der Waals surface area (Å²) in [6.45, 7) is 8.51. The van der Waals surface area contributed by atoms with Crippen molar-refractivity contribution in [3.05, 3.63) is 52.5 Å². The predicted octanol–water partition coefficient (Wildman–Crippen LogP) is 3.59. The van der Waals surface area contributed by atoms with Crippen LogP contribution < -0.4 is 10.5 Å². The number of benzene rings is 1. The van der Waals surface area contributed by atoms with Crippen molar-refractivity contribution in [3.8, 4) is 5.75 Å². The molecule has 0 fully saturated rings. The molecule has 2 N–H and O–H groups in total. The summed E-state index contributed by atoms with van der Waals surface area (Å²) in [6.07, 6.45) is -0.242. The van der Waals surface area contributed by atoms with Crippen molar-refractivity contribution in [1.82, 2.24) is 0 Å². The molecule has 19 heavy (non-hydrogen) atoms. The standard InChI is InChI=1S/C16H21NO2/c1-10-7-11(2)13(4)15(8-10)19-16(9-17)14-6-5-12(3)18-14/h5-8,16H,9,17H2,1-4H3. The third kappa shape index (κ3) is 2.99. The fourth-order valence-electron chi connectivity index (χ4n) is 2.13. The summed E-state index contributed by atoms with van der Waals surface area (Å²) in [6, 6.07) is 8.04. The van der Waals surface area contributed by atoms with Gasteiger partial charge < -0.3 is 14.9 Å². The van der Waals surface area contributed by atoms with E-state index in [-0.39, 0.29) is 6.10 Å². The first-order valence-corrected chi connectivity index (χ1v) is 6.52. The van der Waals surface area contributed by atoms with Gasteiger partial charge in [-0.1, -0.05) is 6.07 Å². The Labute approximate surface area is 114 Å². The first kappa shape index (κ1) is 13.7. The van der Waals surface area contributed by atoms with E-state index < -0.39 is 0 Å². The smallest absolute Gasteiger partial charge is 0.168 e. The van der Waals surface area contributed by atoms with Crippen LogP contribution in [0.4, 0.5) is 0 Å². The molecule has 2 rings (SSSR count). The number of hydrogen-bond donors (Lipinski definition) is 1. The maximum absolute atomic E-state index is 6.04. The molecule has 1 unspecified atom stereocenters. The lowest BCUT2D eigenvalue weighted by Gasteiger charge is -2.18. The lowest BCUT2D eigenvalue weighted by molar-refractivity contribution is 0.181. The highest BCUT2D eigenvalue weighted by Gasteiger charge is 2.17. The maximum atomic E-state index is 6.04. The van der Waals surface area contributed by atoms with Crippen molar-refractivity contribution < 1.29 is 9.15 Å². The van der Waals surface area contributed by atoms with Crippen LogP contribution in [0.5, 0.6) is 5.75 Å². The molecular formula is C16H21NO2. The van der Waals surface area contributed by atoms with Crippen LogP contribution >= 0.6 is 0 Å². The molecule has 1 heterocycles. The van der Waals surface area contributed by atoms with Gasteiger partial charge in [-0.05, 0) is 62.6 Å². The van der Waals surface area contributed by atoms with Gasteiger partial charge >= 0.3 is 0 Å². The Hall–Kier alpha value is -1.74. The Morgan fingerprint density at radius 1 is 1.16 bits per heavy atom. The topological polar surface area (TPSA) is 48.4 Å². The summed E-state index contributed by atoms with van der Waals surface area (Å²) in [7, 11) is 0. The van der Waals surface area contributed by atoms with Crippen LogP contribution in [0.15, 0.2) is 28.7 Å². The minimum Gasteiger partial charge on any atom is -0.481 e. The molecule has 0 spiro atoms. The molecule has 3 nitrogen and oxygen atoms in total. The zero-order valence-corrected chi connectivity index (χ0v) is 12.0. The van der Waals surface area contributed by atoms with Gasteiger partial charge in [0.1, 0.15) is 17.3 Å². The lowest BCUT2D eigenvalue weighted by Crippen LogP contribution is -2.18. The number of hydrogen-bond acceptors (Lipinski definition) is 3. The van der Waals surface area contributed by atoms with E-state index in [9.17, 15) is 0 Å². The number of nitrogens with two attached hydrogens (primary N) is 1. The summed E-state index contributed by atoms with van der Waals surface area (Å²) in [5, 5.41) is 0. The summed E-state index contributed by atoms with van der Waals surface area (Å²) in [4.78, 5) is 0. The van der Waals surface area contributed by atoms with Crippen molar-refractivity contribution in [2.45, 2.75) is 33.8 Å². The predicted molar refractivity (Wildman–Crippen MR) is 76.5 cm³/mol. The molecule has 0 saturated carbocycles. The van der Waals surface area contributed by atoms with E-state index in [1.54, 1.807) is 0 Å². The quantitative estimate of drug-likeness (QED) is 0.912. The molecule has 0 aliphatic carbocycles. The molecule has 2 aromatic rings. The first-order valence-electron chi connectivity index (χ1n) is 6.52. The maximum Gasteiger partial charge on any atom is 0.168 e. The second-order valence-electron chi connectivity index (χ2n) is 5.00. The molecular weight excluding hydrogens is 238 g/mol. The summed E-state index contributed by atoms with van der Waals surface area (Å²) in [5.74, 6) is 2.52. The Balaban J connectivity index is 2.28. The van der Waals surface area contributed by atoms with Crippen LogP contribution in [0.3, 0.4) is 0 Å². The van der Waals surface area contributed by atoms with E-state index in [1.165, 1.54) is 11.1 Å². The molecule has 0 radical (unpaired) electrons. The van der Waals surface area contributed by atoms with Crippen LogP contribution in [0.1, 0.15) is 34.3 Å². The van der Waals surface area contributed by atoms with Gasteiger partial charge in [-0.3, -0.25) is 0 Å². The normalized spacial score (nSPS) is 12.5. The monoisotopic (exact) mass is 259 g/mol. The second-order valence-corrected chi connectivity index (χ2v) is 5.00. The molecule has 1 aromatic carbocycles. The first-order chi connectivity index (χ1) is 9.01. The Morgan fingerprint density at radius 2 is 1.89 bits per heavy atom. The van der Waals surface area contributed by atoms with Crippen LogP contribution in [-0.4, -0.2) is 6.54 Å². The van der Waals surface area contributed by atoms with Crippen molar-refractivity contribution in [2.75, 3.05) is 6.54 Å². The van der Waals surface area contributed by atoms with Gasteiger partial charge in [0.05, 0.1) is 0 Å². The fraction of sp³-hybridized carbons (Fsp3) is 0.375. The van der Waals surface area contributed by atoms with Crippen molar-refractivity contribution >= 4 is 0 Å². The molecule has 1 atom stereocenters. The zero-order chi connectivity index (χ0) is 14.0. The van der Waals surface area contributed by atoms with Gasteiger partial charge in [0.2, 0.25) is 0 Å². The molecule has 0 amide bonds. The Kier molecular flexibility index (Phi) is 3.96. The zero-order valence-electron chi connectivity index (χ0n) is 12.0. The SMILES string of the molecule is Cc1cc(C)c(C)c(OC(CN)c2ccc(C)o2)c1. The van der Waals surface area contributed by atoms with Crippen LogP contribution in [0.2, 0.25) is 0 Å². The Morgan fingerprint density at radius 3 is 2.47 bits per heavy atom. The molecule has 0 bridgehead atoms. The van der Waals surface area contributed by atoms with E-state index in [0.717, 1.165) is 22.8 Å². The molecule has 0 aliphatic heterocycles. The number of rotatable bonds is 4. The molecule has 0 saturated heterocycles. The van der Waals surface area contributed by atoms with Gasteiger partial charge in [0.15, 0.2) is 6.10 Å². The summed E-state index contributed by atoms with van der Waals surface area (Å²) in [5.41, 5.74) is 9.36. The summed E-state index contributed by atoms with van der Waals surface area (Å²) >= 11 is 0. The highest BCUT2D eigenvalue weighted by Crippen LogP contribution is 2.28. The highest BCUT2D eigenvalue weighted by molar-refractivity contribution is 5.42. The van der Waals surface area contributed by atoms with E-state index in [4.69, 9.17) is 14.9 Å². The van der Waals surface area contributed by atoms with Crippen LogP contribution in [0, 0.1) is 27.7 Å². The second kappa shape index (κ2) is 5.49. The minimum atomic E-state index is -0.242. The summed E-state index contributed by atoms with van der Waals surface area (Å²) < 4.78 is 11.6. The average molecular weight is 259 g/mol. The number of aryl methyl sites for hydroxylation is 3. The molecule has 102 valence electrons. The van der Waals surface area contributed by atoms with Gasteiger partial charge in [-0.25, -0.2) is 0 Å². The lowest BCUT2D eigenvalue weighted by atomic mass is 10.1. The van der Waals surface area contributed by atoms with Crippen LogP contribution in [0.25, 0.3) is 0 Å².